The van der Waals surface area contributed by atoms with Gasteiger partial charge in [-0.15, -0.1) is 12.4 Å². The highest BCUT2D eigenvalue weighted by atomic mass is 35.5. The molecular formula is C16H24ClN3O. The summed E-state index contributed by atoms with van der Waals surface area (Å²) < 4.78 is 0. The Kier molecular flexibility index (Phi) is 5.62. The van der Waals surface area contributed by atoms with Crippen molar-refractivity contribution < 1.29 is 4.79 Å². The number of amides is 1. The highest BCUT2D eigenvalue weighted by Gasteiger charge is 2.34. The van der Waals surface area contributed by atoms with E-state index >= 15 is 0 Å². The number of carbonyl (C=O) groups excluding carboxylic acids is 1. The number of carbonyl (C=O) groups is 1. The summed E-state index contributed by atoms with van der Waals surface area (Å²) in [5.41, 5.74) is 1.25. The Morgan fingerprint density at radius 3 is 2.67 bits per heavy atom. The minimum Gasteiger partial charge on any atom is -0.333 e. The number of piperazine rings is 1. The molecule has 116 valence electrons. The average Bonchev–Trinajstić information content (AvgIpc) is 3.02. The fraction of sp³-hybridized carbons (Fsp3) is 0.562. The molecule has 2 aliphatic heterocycles. The van der Waals surface area contributed by atoms with Gasteiger partial charge in [-0.2, -0.15) is 0 Å². The molecule has 1 N–H and O–H groups in total. The third-order valence-electron chi connectivity index (χ3n) is 4.46. The van der Waals surface area contributed by atoms with Gasteiger partial charge in [0.2, 0.25) is 5.91 Å². The van der Waals surface area contributed by atoms with E-state index in [1.54, 1.807) is 0 Å². The Bertz CT molecular complexity index is 462. The van der Waals surface area contributed by atoms with Crippen molar-refractivity contribution in [3.63, 3.8) is 0 Å². The quantitative estimate of drug-likeness (QED) is 0.900. The molecule has 0 spiro atoms. The summed E-state index contributed by atoms with van der Waals surface area (Å²) in [4.78, 5) is 17.2. The first-order valence-corrected chi connectivity index (χ1v) is 7.50. The van der Waals surface area contributed by atoms with Crippen LogP contribution in [0.4, 0.5) is 0 Å². The molecule has 0 bridgehead atoms. The molecule has 4 nitrogen and oxygen atoms in total. The summed E-state index contributed by atoms with van der Waals surface area (Å²) >= 11 is 0. The molecule has 5 heteroatoms. The van der Waals surface area contributed by atoms with E-state index in [2.05, 4.69) is 46.4 Å². The van der Waals surface area contributed by atoms with Gasteiger partial charge in [0.1, 0.15) is 0 Å². The van der Waals surface area contributed by atoms with Gasteiger partial charge in [-0.05, 0) is 25.6 Å². The van der Waals surface area contributed by atoms with Crippen LogP contribution in [0.25, 0.3) is 0 Å². The fourth-order valence-electron chi connectivity index (χ4n) is 3.24. The van der Waals surface area contributed by atoms with Crippen molar-refractivity contribution in [2.75, 3.05) is 39.8 Å². The topological polar surface area (TPSA) is 35.6 Å². The van der Waals surface area contributed by atoms with Crippen LogP contribution in [0.5, 0.6) is 0 Å². The van der Waals surface area contributed by atoms with E-state index in [9.17, 15) is 4.79 Å². The van der Waals surface area contributed by atoms with Crippen LogP contribution >= 0.6 is 12.4 Å². The zero-order valence-corrected chi connectivity index (χ0v) is 13.3. The lowest BCUT2D eigenvalue weighted by molar-refractivity contribution is -0.140. The van der Waals surface area contributed by atoms with Crippen LogP contribution in [0.2, 0.25) is 0 Å². The number of nitrogens with zero attached hydrogens (tertiary/aromatic N) is 2. The maximum Gasteiger partial charge on any atom is 0.227 e. The third-order valence-corrected chi connectivity index (χ3v) is 4.46. The lowest BCUT2D eigenvalue weighted by Gasteiger charge is -2.41. The second-order valence-corrected chi connectivity index (χ2v) is 5.91. The second kappa shape index (κ2) is 7.25. The van der Waals surface area contributed by atoms with Crippen LogP contribution in [0.15, 0.2) is 30.3 Å². The van der Waals surface area contributed by atoms with Crippen molar-refractivity contribution in [1.29, 1.82) is 0 Å². The Balaban J connectivity index is 0.00000161. The molecule has 0 radical (unpaired) electrons. The Morgan fingerprint density at radius 2 is 2.00 bits per heavy atom. The van der Waals surface area contributed by atoms with Crippen molar-refractivity contribution in [2.24, 2.45) is 5.92 Å². The summed E-state index contributed by atoms with van der Waals surface area (Å²) in [7, 11) is 2.13. The van der Waals surface area contributed by atoms with Crippen LogP contribution < -0.4 is 5.32 Å². The number of halogens is 1. The molecule has 3 rings (SSSR count). The molecule has 21 heavy (non-hydrogen) atoms. The molecule has 2 saturated heterocycles. The highest BCUT2D eigenvalue weighted by Crippen LogP contribution is 2.27. The fourth-order valence-corrected chi connectivity index (χ4v) is 3.24. The van der Waals surface area contributed by atoms with Crippen LogP contribution in [-0.2, 0) is 4.79 Å². The molecular weight excluding hydrogens is 286 g/mol. The minimum atomic E-state index is 0. The smallest absolute Gasteiger partial charge is 0.227 e. The van der Waals surface area contributed by atoms with Gasteiger partial charge in [0.15, 0.2) is 0 Å². The molecule has 2 unspecified atom stereocenters. The molecule has 2 heterocycles. The lowest BCUT2D eigenvalue weighted by Crippen LogP contribution is -2.51. The van der Waals surface area contributed by atoms with Gasteiger partial charge in [-0.3, -0.25) is 4.79 Å². The zero-order valence-electron chi connectivity index (χ0n) is 12.5. The molecule has 1 amide bonds. The highest BCUT2D eigenvalue weighted by molar-refractivity contribution is 5.85. The monoisotopic (exact) mass is 309 g/mol. The number of hydrogen-bond acceptors (Lipinski definition) is 3. The Hall–Kier alpha value is -1.10. The first-order chi connectivity index (χ1) is 9.75. The minimum absolute atomic E-state index is 0. The molecule has 2 aliphatic rings. The van der Waals surface area contributed by atoms with Gasteiger partial charge in [-0.1, -0.05) is 30.3 Å². The van der Waals surface area contributed by atoms with E-state index in [0.29, 0.717) is 5.91 Å². The third kappa shape index (κ3) is 3.57. The summed E-state index contributed by atoms with van der Waals surface area (Å²) in [5.74, 6) is 0.501. The number of hydrogen-bond donors (Lipinski definition) is 1. The van der Waals surface area contributed by atoms with Crippen LogP contribution in [0, 0.1) is 5.92 Å². The molecule has 2 fully saturated rings. The largest absolute Gasteiger partial charge is 0.333 e. The van der Waals surface area contributed by atoms with Gasteiger partial charge in [-0.25, -0.2) is 0 Å². The summed E-state index contributed by atoms with van der Waals surface area (Å²) in [6, 6.07) is 10.6. The van der Waals surface area contributed by atoms with E-state index in [-0.39, 0.29) is 24.4 Å². The average molecular weight is 310 g/mol. The molecule has 1 aromatic carbocycles. The first kappa shape index (κ1) is 16.3. The Labute approximate surface area is 132 Å². The van der Waals surface area contributed by atoms with E-state index in [1.807, 2.05) is 6.07 Å². The summed E-state index contributed by atoms with van der Waals surface area (Å²) in [6.07, 6.45) is 0.979. The lowest BCUT2D eigenvalue weighted by atomic mass is 9.99. The van der Waals surface area contributed by atoms with Gasteiger partial charge < -0.3 is 15.1 Å². The number of nitrogens with one attached hydrogen (secondary N) is 1. The van der Waals surface area contributed by atoms with Crippen LogP contribution in [0.1, 0.15) is 18.0 Å². The van der Waals surface area contributed by atoms with E-state index in [1.165, 1.54) is 5.56 Å². The predicted octanol–water partition coefficient (Wildman–Crippen LogP) is 1.53. The van der Waals surface area contributed by atoms with Crippen LogP contribution in [-0.4, -0.2) is 55.5 Å². The second-order valence-electron chi connectivity index (χ2n) is 5.91. The van der Waals surface area contributed by atoms with E-state index in [4.69, 9.17) is 0 Å². The first-order valence-electron chi connectivity index (χ1n) is 7.50. The molecule has 0 aromatic heterocycles. The van der Waals surface area contributed by atoms with Gasteiger partial charge in [0.25, 0.3) is 0 Å². The maximum absolute atomic E-state index is 12.8. The van der Waals surface area contributed by atoms with Gasteiger partial charge in [0, 0.05) is 26.2 Å². The van der Waals surface area contributed by atoms with E-state index < -0.39 is 0 Å². The normalized spacial score (nSPS) is 26.4. The van der Waals surface area contributed by atoms with Crippen molar-refractivity contribution in [2.45, 2.75) is 12.5 Å². The number of benzene rings is 1. The summed E-state index contributed by atoms with van der Waals surface area (Å²) in [6.45, 7) is 4.54. The zero-order chi connectivity index (χ0) is 13.9. The molecule has 2 atom stereocenters. The number of likely N-dealkylation sites (N-methyl/N-ethyl adjacent to an activating group) is 1. The molecule has 0 saturated carbocycles. The van der Waals surface area contributed by atoms with Crippen molar-refractivity contribution in [3.8, 4) is 0 Å². The number of rotatable bonds is 2. The standard InChI is InChI=1S/C16H23N3O.ClH/c1-18-9-10-19(16(20)14-7-8-17-11-14)15(12-18)13-5-3-2-4-6-13;/h2-6,14-15,17H,7-12H2,1H3;1H. The molecule has 0 aliphatic carbocycles. The molecule has 1 aromatic rings. The Morgan fingerprint density at radius 1 is 1.24 bits per heavy atom. The SMILES string of the molecule is CN1CCN(C(=O)C2CCNC2)C(c2ccccc2)C1.Cl. The van der Waals surface area contributed by atoms with Crippen molar-refractivity contribution in [3.05, 3.63) is 35.9 Å². The van der Waals surface area contributed by atoms with E-state index in [0.717, 1.165) is 39.1 Å². The van der Waals surface area contributed by atoms with Crippen molar-refractivity contribution in [1.82, 2.24) is 15.1 Å². The predicted molar refractivity (Wildman–Crippen MR) is 86.6 cm³/mol. The van der Waals surface area contributed by atoms with Gasteiger partial charge >= 0.3 is 0 Å². The summed E-state index contributed by atoms with van der Waals surface area (Å²) in [5, 5.41) is 3.30. The maximum atomic E-state index is 12.8. The van der Waals surface area contributed by atoms with Gasteiger partial charge in [0.05, 0.1) is 12.0 Å². The van der Waals surface area contributed by atoms with Crippen molar-refractivity contribution >= 4 is 18.3 Å². The van der Waals surface area contributed by atoms with Crippen LogP contribution in [0.3, 0.4) is 0 Å².